The van der Waals surface area contributed by atoms with E-state index in [1.165, 1.54) is 0 Å². The maximum Gasteiger partial charge on any atom is 0.416 e. The van der Waals surface area contributed by atoms with E-state index in [0.717, 1.165) is 68.1 Å². The first-order valence-electron chi connectivity index (χ1n) is 10.0. The molecule has 1 saturated carbocycles. The van der Waals surface area contributed by atoms with Crippen LogP contribution in [0.15, 0.2) is 36.4 Å². The molecule has 156 valence electrons. The average molecular weight is 424 g/mol. The van der Waals surface area contributed by atoms with Crippen molar-refractivity contribution in [1.29, 1.82) is 0 Å². The fourth-order valence-corrected chi connectivity index (χ4v) is 4.33. The summed E-state index contributed by atoms with van der Waals surface area (Å²) >= 11 is 6.00. The second-order valence-corrected chi connectivity index (χ2v) is 8.42. The summed E-state index contributed by atoms with van der Waals surface area (Å²) in [6.07, 6.45) is 1.74. The van der Waals surface area contributed by atoms with Gasteiger partial charge in [0.05, 0.1) is 10.6 Å². The molecule has 1 aromatic carbocycles. The molecule has 1 aromatic heterocycles. The number of rotatable bonds is 6. The molecule has 0 aliphatic heterocycles. The maximum absolute atomic E-state index is 12.9. The summed E-state index contributed by atoms with van der Waals surface area (Å²) in [4.78, 5) is 17.1. The molecule has 1 aliphatic rings. The lowest BCUT2D eigenvalue weighted by molar-refractivity contribution is -0.137. The molecule has 1 aliphatic carbocycles. The second-order valence-electron chi connectivity index (χ2n) is 8.02. The first-order chi connectivity index (χ1) is 13.7. The van der Waals surface area contributed by atoms with Crippen molar-refractivity contribution < 1.29 is 18.0 Å². The van der Waals surface area contributed by atoms with Gasteiger partial charge in [-0.15, -0.1) is 0 Å². The Morgan fingerprint density at radius 2 is 1.79 bits per heavy atom. The Labute approximate surface area is 174 Å². The van der Waals surface area contributed by atoms with Crippen molar-refractivity contribution in [3.05, 3.63) is 63.9 Å². The van der Waals surface area contributed by atoms with E-state index >= 15 is 0 Å². The smallest absolute Gasteiger partial charge is 0.294 e. The largest absolute Gasteiger partial charge is 0.416 e. The van der Waals surface area contributed by atoms with E-state index in [0.29, 0.717) is 5.92 Å². The summed E-state index contributed by atoms with van der Waals surface area (Å²) in [7, 11) is 0. The number of carbonyl (C=O) groups is 1. The molecule has 0 spiro atoms. The van der Waals surface area contributed by atoms with Gasteiger partial charge in [0, 0.05) is 23.4 Å². The summed E-state index contributed by atoms with van der Waals surface area (Å²) < 4.78 is 38.8. The fourth-order valence-electron chi connectivity index (χ4n) is 4.10. The molecule has 6 heteroatoms. The molecule has 3 rings (SSSR count). The van der Waals surface area contributed by atoms with Crippen LogP contribution in [0, 0.1) is 18.8 Å². The number of pyridine rings is 1. The molecule has 0 amide bonds. The molecule has 0 atom stereocenters. The van der Waals surface area contributed by atoms with Gasteiger partial charge >= 0.3 is 6.18 Å². The van der Waals surface area contributed by atoms with Crippen LogP contribution in [-0.4, -0.2) is 10.8 Å². The number of carbonyl (C=O) groups excluding carboxylic acids is 1. The van der Waals surface area contributed by atoms with E-state index in [2.05, 4.69) is 11.1 Å². The zero-order valence-corrected chi connectivity index (χ0v) is 17.2. The normalized spacial score (nSPS) is 19.9. The molecule has 2 aromatic rings. The van der Waals surface area contributed by atoms with Crippen LogP contribution in [0.4, 0.5) is 13.2 Å². The van der Waals surface area contributed by atoms with Gasteiger partial charge in [-0.05, 0) is 74.8 Å². The number of alkyl halides is 3. The molecule has 29 heavy (non-hydrogen) atoms. The number of hydrogen-bond donors (Lipinski definition) is 0. The van der Waals surface area contributed by atoms with Crippen LogP contribution < -0.4 is 0 Å². The van der Waals surface area contributed by atoms with Crippen molar-refractivity contribution in [1.82, 2.24) is 4.98 Å². The van der Waals surface area contributed by atoms with Crippen LogP contribution >= 0.6 is 11.6 Å². The van der Waals surface area contributed by atoms with Gasteiger partial charge in [-0.3, -0.25) is 9.78 Å². The number of Topliss-reactive ketones (excluding diaryl/α,β-unsaturated/α-hetero) is 1. The van der Waals surface area contributed by atoms with Gasteiger partial charge in [0.15, 0.2) is 5.78 Å². The van der Waals surface area contributed by atoms with Gasteiger partial charge in [0.25, 0.3) is 0 Å². The van der Waals surface area contributed by atoms with Crippen LogP contribution in [0.2, 0.25) is 5.02 Å². The number of benzene rings is 1. The van der Waals surface area contributed by atoms with Crippen LogP contribution in [0.25, 0.3) is 0 Å². The lowest BCUT2D eigenvalue weighted by atomic mass is 9.77. The molecular formula is C23H25ClF3NO. The topological polar surface area (TPSA) is 30.0 Å². The standard InChI is InChI=1S/C23H25ClF3NO/c1-15-3-2-4-19(28-15)11-9-16-5-7-17(8-6-16)13-22(29)20-14-18(23(25,26)27)10-12-21(20)24/h2-4,10,12,14,16-17H,5-9,11,13H2,1H3. The van der Waals surface area contributed by atoms with Crippen molar-refractivity contribution in [2.24, 2.45) is 11.8 Å². The van der Waals surface area contributed by atoms with E-state index in [4.69, 9.17) is 11.6 Å². The number of nitrogens with zero attached hydrogens (tertiary/aromatic N) is 1. The van der Waals surface area contributed by atoms with Crippen molar-refractivity contribution in [3.8, 4) is 0 Å². The summed E-state index contributed by atoms with van der Waals surface area (Å²) in [5, 5.41) is 0.0855. The van der Waals surface area contributed by atoms with Crippen LogP contribution in [0.1, 0.15) is 65.8 Å². The van der Waals surface area contributed by atoms with Gasteiger partial charge in [-0.2, -0.15) is 13.2 Å². The summed E-state index contributed by atoms with van der Waals surface area (Å²) in [6.45, 7) is 1.99. The van der Waals surface area contributed by atoms with Crippen LogP contribution in [0.3, 0.4) is 0 Å². The number of aromatic nitrogens is 1. The van der Waals surface area contributed by atoms with Crippen molar-refractivity contribution >= 4 is 17.4 Å². The van der Waals surface area contributed by atoms with Gasteiger partial charge in [-0.1, -0.05) is 30.5 Å². The summed E-state index contributed by atoms with van der Waals surface area (Å²) in [5.74, 6) is 0.524. The minimum atomic E-state index is -4.48. The molecule has 0 bridgehead atoms. The zero-order chi connectivity index (χ0) is 21.0. The quantitative estimate of drug-likeness (QED) is 0.465. The second kappa shape index (κ2) is 9.29. The SMILES string of the molecule is Cc1cccc(CCC2CCC(CC(=O)c3cc(C(F)(F)F)ccc3Cl)CC2)n1. The van der Waals surface area contributed by atoms with E-state index in [1.54, 1.807) is 0 Å². The Kier molecular flexibility index (Phi) is 6.99. The number of ketones is 1. The average Bonchev–Trinajstić information content (AvgIpc) is 2.67. The molecule has 0 saturated heterocycles. The highest BCUT2D eigenvalue weighted by Crippen LogP contribution is 2.36. The van der Waals surface area contributed by atoms with Gasteiger partial charge in [0.2, 0.25) is 0 Å². The van der Waals surface area contributed by atoms with Gasteiger partial charge in [-0.25, -0.2) is 0 Å². The van der Waals surface area contributed by atoms with Gasteiger partial charge < -0.3 is 0 Å². The molecule has 1 fully saturated rings. The third-order valence-electron chi connectivity index (χ3n) is 5.79. The Bertz CT molecular complexity index is 857. The highest BCUT2D eigenvalue weighted by atomic mass is 35.5. The van der Waals surface area contributed by atoms with Gasteiger partial charge in [0.1, 0.15) is 0 Å². The molecular weight excluding hydrogens is 399 g/mol. The predicted molar refractivity (Wildman–Crippen MR) is 108 cm³/mol. The lowest BCUT2D eigenvalue weighted by Gasteiger charge is -2.28. The molecule has 0 radical (unpaired) electrons. The number of hydrogen-bond acceptors (Lipinski definition) is 2. The Morgan fingerprint density at radius 3 is 2.45 bits per heavy atom. The Morgan fingerprint density at radius 1 is 1.10 bits per heavy atom. The van der Waals surface area contributed by atoms with Crippen molar-refractivity contribution in [2.45, 2.75) is 58.0 Å². The number of aryl methyl sites for hydroxylation is 2. The minimum Gasteiger partial charge on any atom is -0.294 e. The van der Waals surface area contributed by atoms with Crippen LogP contribution in [-0.2, 0) is 12.6 Å². The Hall–Kier alpha value is -1.88. The van der Waals surface area contributed by atoms with Crippen LogP contribution in [0.5, 0.6) is 0 Å². The van der Waals surface area contributed by atoms with E-state index < -0.39 is 11.7 Å². The fraction of sp³-hybridized carbons (Fsp3) is 0.478. The molecule has 0 N–H and O–H groups in total. The summed E-state index contributed by atoms with van der Waals surface area (Å²) in [6, 6.07) is 9.02. The highest BCUT2D eigenvalue weighted by molar-refractivity contribution is 6.34. The zero-order valence-electron chi connectivity index (χ0n) is 16.4. The van der Waals surface area contributed by atoms with Crippen molar-refractivity contribution in [3.63, 3.8) is 0 Å². The monoisotopic (exact) mass is 423 g/mol. The maximum atomic E-state index is 12.9. The lowest BCUT2D eigenvalue weighted by Crippen LogP contribution is -2.18. The highest BCUT2D eigenvalue weighted by Gasteiger charge is 2.32. The first kappa shape index (κ1) is 21.8. The molecule has 1 heterocycles. The van der Waals surface area contributed by atoms with E-state index in [-0.39, 0.29) is 28.7 Å². The third kappa shape index (κ3) is 6.05. The molecule has 2 nitrogen and oxygen atoms in total. The number of halogens is 4. The predicted octanol–water partition coefficient (Wildman–Crippen LogP) is 7.07. The first-order valence-corrected chi connectivity index (χ1v) is 10.4. The summed E-state index contributed by atoms with van der Waals surface area (Å²) in [5.41, 5.74) is 1.28. The minimum absolute atomic E-state index is 0.0193. The van der Waals surface area contributed by atoms with E-state index in [9.17, 15) is 18.0 Å². The third-order valence-corrected chi connectivity index (χ3v) is 6.12. The van der Waals surface area contributed by atoms with Crippen molar-refractivity contribution in [2.75, 3.05) is 0 Å². The Balaban J connectivity index is 1.51. The molecule has 0 unspecified atom stereocenters. The van der Waals surface area contributed by atoms with E-state index in [1.807, 2.05) is 19.1 Å².